The number of rotatable bonds is 5. The summed E-state index contributed by atoms with van der Waals surface area (Å²) in [5, 5.41) is 7.58. The number of nitrogens with zero attached hydrogens (tertiary/aromatic N) is 2. The maximum absolute atomic E-state index is 5.83. The van der Waals surface area contributed by atoms with Gasteiger partial charge in [0.1, 0.15) is 17.3 Å². The van der Waals surface area contributed by atoms with Gasteiger partial charge in [-0.25, -0.2) is 0 Å². The second-order valence-electron chi connectivity index (χ2n) is 4.79. The van der Waals surface area contributed by atoms with Crippen LogP contribution in [0.2, 0.25) is 0 Å². The van der Waals surface area contributed by atoms with Gasteiger partial charge in [0.25, 0.3) is 0 Å². The Morgan fingerprint density at radius 3 is 2.57 bits per heavy atom. The summed E-state index contributed by atoms with van der Waals surface area (Å²) in [6, 6.07) is 19.8. The molecule has 0 aliphatic heterocycles. The lowest BCUT2D eigenvalue weighted by Crippen LogP contribution is -2.01. The Kier molecular flexibility index (Phi) is 3.87. The first-order valence-corrected chi connectivity index (χ1v) is 6.85. The summed E-state index contributed by atoms with van der Waals surface area (Å²) in [4.78, 5) is 0. The number of ether oxygens (including phenoxy) is 1. The van der Waals surface area contributed by atoms with Crippen LogP contribution in [0.15, 0.2) is 66.9 Å². The molecule has 3 aromatic rings. The normalized spacial score (nSPS) is 10.3. The predicted octanol–water partition coefficient (Wildman–Crippen LogP) is 3.82. The van der Waals surface area contributed by atoms with Gasteiger partial charge in [-0.15, -0.1) is 0 Å². The molecule has 0 atom stereocenters. The SMILES string of the molecule is Cn1ccc(NCc2cccc(Oc3ccccc3)c2)n1. The predicted molar refractivity (Wildman–Crippen MR) is 83.5 cm³/mol. The highest BCUT2D eigenvalue weighted by Gasteiger charge is 2.00. The molecule has 2 aromatic carbocycles. The molecular formula is C17H17N3O. The highest BCUT2D eigenvalue weighted by Crippen LogP contribution is 2.22. The van der Waals surface area contributed by atoms with Gasteiger partial charge < -0.3 is 10.1 Å². The molecule has 4 nitrogen and oxygen atoms in total. The Hall–Kier alpha value is -2.75. The minimum Gasteiger partial charge on any atom is -0.457 e. The molecule has 0 amide bonds. The summed E-state index contributed by atoms with van der Waals surface area (Å²) >= 11 is 0. The van der Waals surface area contributed by atoms with E-state index in [1.165, 1.54) is 0 Å². The minimum absolute atomic E-state index is 0.711. The smallest absolute Gasteiger partial charge is 0.148 e. The summed E-state index contributed by atoms with van der Waals surface area (Å²) in [5.41, 5.74) is 1.15. The Bertz CT molecular complexity index is 707. The van der Waals surface area contributed by atoms with Crippen molar-refractivity contribution >= 4 is 5.82 Å². The van der Waals surface area contributed by atoms with Crippen LogP contribution in [0.25, 0.3) is 0 Å². The third kappa shape index (κ3) is 3.63. The number of para-hydroxylation sites is 1. The molecule has 4 heteroatoms. The molecule has 0 aliphatic rings. The topological polar surface area (TPSA) is 39.1 Å². The van der Waals surface area contributed by atoms with E-state index >= 15 is 0 Å². The van der Waals surface area contributed by atoms with Gasteiger partial charge in [0.2, 0.25) is 0 Å². The number of aromatic nitrogens is 2. The fraction of sp³-hybridized carbons (Fsp3) is 0.118. The van der Waals surface area contributed by atoms with Crippen molar-refractivity contribution in [3.63, 3.8) is 0 Å². The third-order valence-corrected chi connectivity index (χ3v) is 3.06. The number of aryl methyl sites for hydroxylation is 1. The van der Waals surface area contributed by atoms with Crippen molar-refractivity contribution in [3.8, 4) is 11.5 Å². The van der Waals surface area contributed by atoms with E-state index in [0.29, 0.717) is 6.54 Å². The average Bonchev–Trinajstić information content (AvgIpc) is 2.92. The van der Waals surface area contributed by atoms with Crippen molar-refractivity contribution in [3.05, 3.63) is 72.4 Å². The van der Waals surface area contributed by atoms with Crippen molar-refractivity contribution in [1.29, 1.82) is 0 Å². The van der Waals surface area contributed by atoms with Crippen LogP contribution in [0.3, 0.4) is 0 Å². The Balaban J connectivity index is 1.65. The summed E-state index contributed by atoms with van der Waals surface area (Å²) in [6.45, 7) is 0.711. The molecule has 1 heterocycles. The van der Waals surface area contributed by atoms with E-state index in [1.807, 2.05) is 67.8 Å². The summed E-state index contributed by atoms with van der Waals surface area (Å²) in [5.74, 6) is 2.54. The Labute approximate surface area is 124 Å². The third-order valence-electron chi connectivity index (χ3n) is 3.06. The zero-order chi connectivity index (χ0) is 14.5. The van der Waals surface area contributed by atoms with Crippen LogP contribution in [0.5, 0.6) is 11.5 Å². The van der Waals surface area contributed by atoms with Crippen molar-refractivity contribution in [2.75, 3.05) is 5.32 Å². The van der Waals surface area contributed by atoms with Crippen LogP contribution in [0.4, 0.5) is 5.82 Å². The van der Waals surface area contributed by atoms with Gasteiger partial charge in [0.05, 0.1) is 0 Å². The van der Waals surface area contributed by atoms with Gasteiger partial charge in [-0.1, -0.05) is 30.3 Å². The number of hydrogen-bond acceptors (Lipinski definition) is 3. The molecule has 0 spiro atoms. The van der Waals surface area contributed by atoms with Gasteiger partial charge in [-0.2, -0.15) is 5.10 Å². The van der Waals surface area contributed by atoms with E-state index < -0.39 is 0 Å². The van der Waals surface area contributed by atoms with Gasteiger partial charge in [0.15, 0.2) is 0 Å². The molecule has 1 aromatic heterocycles. The van der Waals surface area contributed by atoms with Crippen molar-refractivity contribution in [2.24, 2.45) is 7.05 Å². The van der Waals surface area contributed by atoms with Crippen LogP contribution in [0, 0.1) is 0 Å². The Morgan fingerprint density at radius 1 is 1.00 bits per heavy atom. The van der Waals surface area contributed by atoms with Gasteiger partial charge >= 0.3 is 0 Å². The first-order valence-electron chi connectivity index (χ1n) is 6.85. The van der Waals surface area contributed by atoms with E-state index in [9.17, 15) is 0 Å². The molecule has 0 bridgehead atoms. The van der Waals surface area contributed by atoms with Gasteiger partial charge in [0, 0.05) is 25.9 Å². The Morgan fingerprint density at radius 2 is 1.81 bits per heavy atom. The lowest BCUT2D eigenvalue weighted by molar-refractivity contribution is 0.482. The summed E-state index contributed by atoms with van der Waals surface area (Å²) in [6.07, 6.45) is 1.91. The number of anilines is 1. The lowest BCUT2D eigenvalue weighted by Gasteiger charge is -2.08. The highest BCUT2D eigenvalue weighted by atomic mass is 16.5. The fourth-order valence-corrected chi connectivity index (χ4v) is 2.05. The van der Waals surface area contributed by atoms with Gasteiger partial charge in [-0.05, 0) is 29.8 Å². The molecule has 1 N–H and O–H groups in total. The maximum Gasteiger partial charge on any atom is 0.148 e. The molecule has 0 fully saturated rings. The van der Waals surface area contributed by atoms with Crippen molar-refractivity contribution in [2.45, 2.75) is 6.54 Å². The molecule has 21 heavy (non-hydrogen) atoms. The fourth-order valence-electron chi connectivity index (χ4n) is 2.05. The van der Waals surface area contributed by atoms with E-state index in [4.69, 9.17) is 4.74 Å². The van der Waals surface area contributed by atoms with Crippen LogP contribution < -0.4 is 10.1 Å². The summed E-state index contributed by atoms with van der Waals surface area (Å²) < 4.78 is 7.60. The second kappa shape index (κ2) is 6.13. The second-order valence-corrected chi connectivity index (χ2v) is 4.79. The van der Waals surface area contributed by atoms with Crippen LogP contribution in [-0.4, -0.2) is 9.78 Å². The van der Waals surface area contributed by atoms with Crippen molar-refractivity contribution in [1.82, 2.24) is 9.78 Å². The maximum atomic E-state index is 5.83. The highest BCUT2D eigenvalue weighted by molar-refractivity contribution is 5.37. The standard InChI is InChI=1S/C17H17N3O/c1-20-11-10-17(19-20)18-13-14-6-5-9-16(12-14)21-15-7-3-2-4-8-15/h2-12H,13H2,1H3,(H,18,19). The molecule has 106 valence electrons. The molecule has 0 saturated heterocycles. The largest absolute Gasteiger partial charge is 0.457 e. The molecule has 3 rings (SSSR count). The van der Waals surface area contributed by atoms with Crippen LogP contribution >= 0.6 is 0 Å². The summed E-state index contributed by atoms with van der Waals surface area (Å²) in [7, 11) is 1.90. The average molecular weight is 279 g/mol. The van der Waals surface area contributed by atoms with E-state index in [0.717, 1.165) is 22.9 Å². The van der Waals surface area contributed by atoms with Crippen LogP contribution in [-0.2, 0) is 13.6 Å². The van der Waals surface area contributed by atoms with Crippen molar-refractivity contribution < 1.29 is 4.74 Å². The monoisotopic (exact) mass is 279 g/mol. The first kappa shape index (κ1) is 13.2. The molecule has 0 saturated carbocycles. The zero-order valence-electron chi connectivity index (χ0n) is 11.9. The van der Waals surface area contributed by atoms with Gasteiger partial charge in [-0.3, -0.25) is 4.68 Å². The van der Waals surface area contributed by atoms with E-state index in [1.54, 1.807) is 4.68 Å². The quantitative estimate of drug-likeness (QED) is 0.771. The lowest BCUT2D eigenvalue weighted by atomic mass is 10.2. The molecule has 0 radical (unpaired) electrons. The molecular weight excluding hydrogens is 262 g/mol. The number of benzene rings is 2. The number of nitrogens with one attached hydrogen (secondary N) is 1. The zero-order valence-corrected chi connectivity index (χ0v) is 11.9. The molecule has 0 unspecified atom stereocenters. The molecule has 0 aliphatic carbocycles. The van der Waals surface area contributed by atoms with Crippen LogP contribution in [0.1, 0.15) is 5.56 Å². The van der Waals surface area contributed by atoms with E-state index in [2.05, 4.69) is 16.5 Å². The van der Waals surface area contributed by atoms with E-state index in [-0.39, 0.29) is 0 Å². The number of hydrogen-bond donors (Lipinski definition) is 1. The first-order chi connectivity index (χ1) is 10.3. The minimum atomic E-state index is 0.711.